The van der Waals surface area contributed by atoms with Gasteiger partial charge in [-0.25, -0.2) is 0 Å². The van der Waals surface area contributed by atoms with Gasteiger partial charge in [0.1, 0.15) is 6.17 Å². The number of para-hydroxylation sites is 1. The Morgan fingerprint density at radius 2 is 2.04 bits per heavy atom. The smallest absolute Gasteiger partial charge is 0.258 e. The van der Waals surface area contributed by atoms with Crippen molar-refractivity contribution in [3.05, 3.63) is 81.8 Å². The number of anilines is 1. The normalized spacial score (nSPS) is 16.1. The van der Waals surface area contributed by atoms with Crippen molar-refractivity contribution >= 4 is 22.9 Å². The van der Waals surface area contributed by atoms with E-state index in [9.17, 15) is 4.79 Å². The highest BCUT2D eigenvalue weighted by atomic mass is 32.1. The van der Waals surface area contributed by atoms with Gasteiger partial charge in [-0.05, 0) is 41.6 Å². The lowest BCUT2D eigenvalue weighted by Gasteiger charge is -2.27. The van der Waals surface area contributed by atoms with Crippen molar-refractivity contribution in [1.29, 1.82) is 0 Å². The molecule has 2 aromatic heterocycles. The summed E-state index contributed by atoms with van der Waals surface area (Å²) in [4.78, 5) is 20.5. The van der Waals surface area contributed by atoms with E-state index in [1.807, 2.05) is 40.6 Å². The number of aromatic nitrogens is 1. The summed E-state index contributed by atoms with van der Waals surface area (Å²) >= 11 is 1.66. The maximum Gasteiger partial charge on any atom is 0.258 e. The zero-order valence-corrected chi connectivity index (χ0v) is 14.8. The quantitative estimate of drug-likeness (QED) is 0.739. The minimum absolute atomic E-state index is 0.0305. The van der Waals surface area contributed by atoms with Crippen molar-refractivity contribution in [3.63, 3.8) is 0 Å². The average Bonchev–Trinajstić information content (AvgIpc) is 3.25. The number of hydrogen-bond donors (Lipinski definition) is 1. The molecule has 126 valence electrons. The zero-order chi connectivity index (χ0) is 17.2. The van der Waals surface area contributed by atoms with Gasteiger partial charge in [-0.3, -0.25) is 9.78 Å². The first-order chi connectivity index (χ1) is 12.3. The first-order valence-corrected chi connectivity index (χ1v) is 9.28. The highest BCUT2D eigenvalue weighted by Crippen LogP contribution is 2.35. The number of nitrogens with one attached hydrogen (secondary N) is 1. The van der Waals surface area contributed by atoms with Gasteiger partial charge < -0.3 is 10.2 Å². The van der Waals surface area contributed by atoms with E-state index in [4.69, 9.17) is 0 Å². The molecule has 0 bridgehead atoms. The van der Waals surface area contributed by atoms with Crippen LogP contribution >= 0.6 is 11.3 Å². The summed E-state index contributed by atoms with van der Waals surface area (Å²) in [5, 5.41) is 5.59. The van der Waals surface area contributed by atoms with Crippen molar-refractivity contribution in [2.24, 2.45) is 0 Å². The number of aryl methyl sites for hydroxylation is 1. The number of hydrogen-bond acceptors (Lipinski definition) is 4. The predicted octanol–water partition coefficient (Wildman–Crippen LogP) is 4.47. The van der Waals surface area contributed by atoms with Crippen LogP contribution in [0.2, 0.25) is 0 Å². The number of amides is 1. The second-order valence-electron chi connectivity index (χ2n) is 6.01. The van der Waals surface area contributed by atoms with Crippen LogP contribution in [0.4, 0.5) is 5.69 Å². The highest BCUT2D eigenvalue weighted by molar-refractivity contribution is 7.09. The van der Waals surface area contributed by atoms with Gasteiger partial charge in [0.25, 0.3) is 5.91 Å². The molecule has 0 saturated heterocycles. The Kier molecular flexibility index (Phi) is 4.24. The largest absolute Gasteiger partial charge is 0.360 e. The third-order valence-corrected chi connectivity index (χ3v) is 5.36. The lowest BCUT2D eigenvalue weighted by molar-refractivity contribution is 0.0729. The second kappa shape index (κ2) is 6.69. The van der Waals surface area contributed by atoms with Crippen LogP contribution in [0.1, 0.15) is 39.6 Å². The Morgan fingerprint density at radius 3 is 2.84 bits per heavy atom. The molecular formula is C20H19N3OS. The SMILES string of the molecule is CCc1ccccc1N[C@H]1c2ncccc2C(=O)N1Cc1cccs1. The van der Waals surface area contributed by atoms with Crippen molar-refractivity contribution in [1.82, 2.24) is 9.88 Å². The molecule has 5 heteroatoms. The van der Waals surface area contributed by atoms with Crippen LogP contribution in [0.5, 0.6) is 0 Å². The molecule has 1 aliphatic heterocycles. The summed E-state index contributed by atoms with van der Waals surface area (Å²) in [5.74, 6) is 0.0305. The van der Waals surface area contributed by atoms with E-state index in [-0.39, 0.29) is 12.1 Å². The number of carbonyl (C=O) groups excluding carboxylic acids is 1. The number of benzene rings is 1. The highest BCUT2D eigenvalue weighted by Gasteiger charge is 2.38. The van der Waals surface area contributed by atoms with Crippen LogP contribution in [-0.2, 0) is 13.0 Å². The monoisotopic (exact) mass is 349 g/mol. The van der Waals surface area contributed by atoms with E-state index in [1.165, 1.54) is 5.56 Å². The minimum Gasteiger partial charge on any atom is -0.360 e. The summed E-state index contributed by atoms with van der Waals surface area (Å²) in [6.45, 7) is 2.72. The molecule has 4 nitrogen and oxygen atoms in total. The average molecular weight is 349 g/mol. The number of nitrogens with zero attached hydrogens (tertiary/aromatic N) is 2. The van der Waals surface area contributed by atoms with Gasteiger partial charge in [0.05, 0.1) is 17.8 Å². The number of pyridine rings is 1. The van der Waals surface area contributed by atoms with Crippen LogP contribution < -0.4 is 5.32 Å². The molecule has 25 heavy (non-hydrogen) atoms. The molecule has 1 atom stereocenters. The first-order valence-electron chi connectivity index (χ1n) is 8.40. The molecule has 1 aromatic carbocycles. The Hall–Kier alpha value is -2.66. The molecule has 0 radical (unpaired) electrons. The van der Waals surface area contributed by atoms with Crippen molar-refractivity contribution in [2.45, 2.75) is 26.1 Å². The fraction of sp³-hybridized carbons (Fsp3) is 0.200. The van der Waals surface area contributed by atoms with Gasteiger partial charge in [-0.2, -0.15) is 0 Å². The lowest BCUT2D eigenvalue weighted by atomic mass is 10.1. The maximum absolute atomic E-state index is 12.9. The maximum atomic E-state index is 12.9. The molecule has 0 aliphatic carbocycles. The fourth-order valence-corrected chi connectivity index (χ4v) is 3.94. The minimum atomic E-state index is -0.251. The van der Waals surface area contributed by atoms with E-state index in [2.05, 4.69) is 35.4 Å². The Labute approximate surface area is 151 Å². The van der Waals surface area contributed by atoms with Gasteiger partial charge in [-0.1, -0.05) is 31.2 Å². The van der Waals surface area contributed by atoms with Gasteiger partial charge in [0.15, 0.2) is 0 Å². The van der Waals surface area contributed by atoms with Crippen LogP contribution in [0.25, 0.3) is 0 Å². The van der Waals surface area contributed by atoms with E-state index < -0.39 is 0 Å². The van der Waals surface area contributed by atoms with E-state index >= 15 is 0 Å². The van der Waals surface area contributed by atoms with Gasteiger partial charge in [0, 0.05) is 16.8 Å². The number of fused-ring (bicyclic) bond motifs is 1. The second-order valence-corrected chi connectivity index (χ2v) is 7.04. The molecule has 0 spiro atoms. The molecular weight excluding hydrogens is 330 g/mol. The summed E-state index contributed by atoms with van der Waals surface area (Å²) in [6, 6.07) is 16.0. The molecule has 1 aliphatic rings. The Balaban J connectivity index is 1.71. The van der Waals surface area contributed by atoms with Gasteiger partial charge in [-0.15, -0.1) is 11.3 Å². The molecule has 3 aromatic rings. The molecule has 0 fully saturated rings. The first kappa shape index (κ1) is 15.8. The molecule has 1 N–H and O–H groups in total. The zero-order valence-electron chi connectivity index (χ0n) is 14.0. The van der Waals surface area contributed by atoms with Gasteiger partial charge in [0.2, 0.25) is 0 Å². The van der Waals surface area contributed by atoms with Crippen molar-refractivity contribution in [3.8, 4) is 0 Å². The number of carbonyl (C=O) groups is 1. The predicted molar refractivity (Wildman–Crippen MR) is 101 cm³/mol. The third-order valence-electron chi connectivity index (χ3n) is 4.50. The molecule has 0 unspecified atom stereocenters. The van der Waals surface area contributed by atoms with E-state index in [0.717, 1.165) is 22.7 Å². The lowest BCUT2D eigenvalue weighted by Crippen LogP contribution is -2.32. The summed E-state index contributed by atoms with van der Waals surface area (Å²) < 4.78 is 0. The fourth-order valence-electron chi connectivity index (χ4n) is 3.23. The topological polar surface area (TPSA) is 45.2 Å². The van der Waals surface area contributed by atoms with Crippen molar-refractivity contribution < 1.29 is 4.79 Å². The summed E-state index contributed by atoms with van der Waals surface area (Å²) in [7, 11) is 0. The Morgan fingerprint density at radius 1 is 1.16 bits per heavy atom. The molecule has 1 amide bonds. The van der Waals surface area contributed by atoms with Crippen LogP contribution in [0, 0.1) is 0 Å². The van der Waals surface area contributed by atoms with E-state index in [1.54, 1.807) is 17.5 Å². The molecule has 3 heterocycles. The van der Waals surface area contributed by atoms with Gasteiger partial charge >= 0.3 is 0 Å². The summed E-state index contributed by atoms with van der Waals surface area (Å²) in [5.41, 5.74) is 3.77. The Bertz CT molecular complexity index is 891. The molecule has 4 rings (SSSR count). The van der Waals surface area contributed by atoms with Crippen LogP contribution in [-0.4, -0.2) is 15.8 Å². The van der Waals surface area contributed by atoms with Crippen LogP contribution in [0.3, 0.4) is 0 Å². The number of rotatable bonds is 5. The number of thiophene rings is 1. The van der Waals surface area contributed by atoms with E-state index in [0.29, 0.717) is 12.1 Å². The third kappa shape index (κ3) is 2.91. The summed E-state index contributed by atoms with van der Waals surface area (Å²) in [6.07, 6.45) is 2.43. The standard InChI is InChI=1S/C20H19N3OS/c1-2-14-7-3-4-10-17(14)22-19-18-16(9-5-11-21-18)20(24)23(19)13-15-8-6-12-25-15/h3-12,19,22H,2,13H2,1H3/t19-/m1/s1. The molecule has 0 saturated carbocycles. The van der Waals surface area contributed by atoms with Crippen LogP contribution in [0.15, 0.2) is 60.1 Å². The van der Waals surface area contributed by atoms with Crippen molar-refractivity contribution in [2.75, 3.05) is 5.32 Å².